The topological polar surface area (TPSA) is 52.6 Å². The van der Waals surface area contributed by atoms with Gasteiger partial charge in [0.25, 0.3) is 0 Å². The molecule has 0 amide bonds. The molecule has 2 aliphatic carbocycles. The van der Waals surface area contributed by atoms with E-state index in [1.807, 2.05) is 26.8 Å². The highest BCUT2D eigenvalue weighted by atomic mass is 16.6. The summed E-state index contributed by atoms with van der Waals surface area (Å²) in [5, 5.41) is 0. The van der Waals surface area contributed by atoms with Crippen molar-refractivity contribution in [2.45, 2.75) is 59.2 Å². The quantitative estimate of drug-likeness (QED) is 0.584. The summed E-state index contributed by atoms with van der Waals surface area (Å²) in [4.78, 5) is 24.2. The Hall–Kier alpha value is -1.58. The van der Waals surface area contributed by atoms with E-state index in [1.165, 1.54) is 0 Å². The number of hydrogen-bond acceptors (Lipinski definition) is 4. The molecular weight excluding hydrogens is 304 g/mol. The molecule has 4 nitrogen and oxygen atoms in total. The van der Waals surface area contributed by atoms with Gasteiger partial charge in [-0.25, -0.2) is 0 Å². The average Bonchev–Trinajstić information content (AvgIpc) is 2.83. The lowest BCUT2D eigenvalue weighted by Crippen LogP contribution is -2.48. The van der Waals surface area contributed by atoms with Gasteiger partial charge in [0.1, 0.15) is 12.2 Å². The highest BCUT2D eigenvalue weighted by Gasteiger charge is 2.56. The number of carbonyl (C=O) groups excluding carboxylic acids is 2. The van der Waals surface area contributed by atoms with Gasteiger partial charge in [0, 0.05) is 11.8 Å². The molecule has 3 aliphatic rings. The maximum Gasteiger partial charge on any atom is 0.309 e. The van der Waals surface area contributed by atoms with Gasteiger partial charge in [-0.1, -0.05) is 40.3 Å². The predicted octanol–water partition coefficient (Wildman–Crippen LogP) is 3.66. The smallest absolute Gasteiger partial charge is 0.309 e. The van der Waals surface area contributed by atoms with Crippen LogP contribution in [-0.2, 0) is 19.1 Å². The van der Waals surface area contributed by atoms with Crippen LogP contribution in [0.15, 0.2) is 24.3 Å². The van der Waals surface area contributed by atoms with Gasteiger partial charge in [-0.3, -0.25) is 9.59 Å². The van der Waals surface area contributed by atoms with Crippen molar-refractivity contribution in [3.63, 3.8) is 0 Å². The SMILES string of the molecule is C=C1[C@@H](OC(=O)C(C)CC)C=C[C@@]2(C)CC[C@@H]3[C@@H](OC(=O)[C@@H]3C)[C@H]12. The number of hydrogen-bond donors (Lipinski definition) is 0. The molecular formula is C20H28O4. The molecule has 1 heterocycles. The van der Waals surface area contributed by atoms with E-state index >= 15 is 0 Å². The molecule has 3 rings (SSSR count). The minimum atomic E-state index is -0.419. The Morgan fingerprint density at radius 3 is 2.92 bits per heavy atom. The van der Waals surface area contributed by atoms with Gasteiger partial charge in [-0.05, 0) is 36.3 Å². The molecule has 2 fully saturated rings. The number of esters is 2. The zero-order valence-electron chi connectivity index (χ0n) is 15.1. The third kappa shape index (κ3) is 2.60. The summed E-state index contributed by atoms with van der Waals surface area (Å²) in [6.07, 6.45) is 6.28. The first-order valence-corrected chi connectivity index (χ1v) is 9.07. The Kier molecular flexibility index (Phi) is 4.35. The lowest BCUT2D eigenvalue weighted by Gasteiger charge is -2.49. The highest BCUT2D eigenvalue weighted by molar-refractivity contribution is 5.75. The fourth-order valence-corrected chi connectivity index (χ4v) is 4.48. The van der Waals surface area contributed by atoms with Gasteiger partial charge >= 0.3 is 11.9 Å². The van der Waals surface area contributed by atoms with Crippen LogP contribution in [0.1, 0.15) is 47.0 Å². The zero-order valence-corrected chi connectivity index (χ0v) is 15.1. The van der Waals surface area contributed by atoms with Crippen LogP contribution in [0.5, 0.6) is 0 Å². The third-order valence-electron chi connectivity index (χ3n) is 6.42. The molecule has 0 aromatic rings. The molecule has 1 saturated carbocycles. The van der Waals surface area contributed by atoms with Crippen molar-refractivity contribution in [2.75, 3.05) is 0 Å². The molecule has 0 spiro atoms. The van der Waals surface area contributed by atoms with E-state index in [1.54, 1.807) is 0 Å². The van der Waals surface area contributed by atoms with Crippen LogP contribution in [-0.4, -0.2) is 24.1 Å². The lowest BCUT2D eigenvalue weighted by atomic mass is 9.57. The molecule has 0 N–H and O–H groups in total. The normalized spacial score (nSPS) is 42.1. The third-order valence-corrected chi connectivity index (χ3v) is 6.42. The first-order valence-electron chi connectivity index (χ1n) is 9.07. The van der Waals surface area contributed by atoms with Crippen molar-refractivity contribution in [1.29, 1.82) is 0 Å². The second-order valence-electron chi connectivity index (χ2n) is 7.98. The largest absolute Gasteiger partial charge is 0.461 e. The van der Waals surface area contributed by atoms with E-state index in [-0.39, 0.29) is 47.1 Å². The summed E-state index contributed by atoms with van der Waals surface area (Å²) < 4.78 is 11.4. The number of fused-ring (bicyclic) bond motifs is 3. The van der Waals surface area contributed by atoms with Crippen molar-refractivity contribution >= 4 is 11.9 Å². The maximum absolute atomic E-state index is 12.2. The Bertz CT molecular complexity index is 592. The summed E-state index contributed by atoms with van der Waals surface area (Å²) >= 11 is 0. The Morgan fingerprint density at radius 2 is 2.25 bits per heavy atom. The highest BCUT2D eigenvalue weighted by Crippen LogP contribution is 2.55. The Labute approximate surface area is 144 Å². The van der Waals surface area contributed by atoms with Crippen LogP contribution >= 0.6 is 0 Å². The molecule has 1 aliphatic heterocycles. The van der Waals surface area contributed by atoms with Gasteiger partial charge in [0.15, 0.2) is 0 Å². The monoisotopic (exact) mass is 332 g/mol. The van der Waals surface area contributed by atoms with Crippen molar-refractivity contribution in [2.24, 2.45) is 29.1 Å². The minimum absolute atomic E-state index is 0.0184. The van der Waals surface area contributed by atoms with Gasteiger partial charge < -0.3 is 9.47 Å². The molecule has 0 bridgehead atoms. The van der Waals surface area contributed by atoms with Crippen LogP contribution in [0.3, 0.4) is 0 Å². The lowest BCUT2D eigenvalue weighted by molar-refractivity contribution is -0.153. The van der Waals surface area contributed by atoms with Gasteiger partial charge in [0.05, 0.1) is 11.8 Å². The van der Waals surface area contributed by atoms with Gasteiger partial charge in [-0.15, -0.1) is 0 Å². The molecule has 1 saturated heterocycles. The first kappa shape index (κ1) is 17.2. The molecule has 1 unspecified atom stereocenters. The van der Waals surface area contributed by atoms with Crippen LogP contribution in [0, 0.1) is 29.1 Å². The summed E-state index contributed by atoms with van der Waals surface area (Å²) in [6, 6.07) is 0. The van der Waals surface area contributed by atoms with Crippen molar-refractivity contribution < 1.29 is 19.1 Å². The van der Waals surface area contributed by atoms with E-state index < -0.39 is 6.10 Å². The van der Waals surface area contributed by atoms with Gasteiger partial charge in [0.2, 0.25) is 0 Å². The second kappa shape index (κ2) is 6.05. The number of ether oxygens (including phenoxy) is 2. The van der Waals surface area contributed by atoms with Crippen LogP contribution in [0.25, 0.3) is 0 Å². The minimum Gasteiger partial charge on any atom is -0.461 e. The van der Waals surface area contributed by atoms with Crippen molar-refractivity contribution in [1.82, 2.24) is 0 Å². The zero-order chi connectivity index (χ0) is 17.6. The van der Waals surface area contributed by atoms with E-state index in [2.05, 4.69) is 19.6 Å². The Balaban J connectivity index is 1.85. The van der Waals surface area contributed by atoms with E-state index in [9.17, 15) is 9.59 Å². The molecule has 24 heavy (non-hydrogen) atoms. The molecule has 132 valence electrons. The predicted molar refractivity (Wildman–Crippen MR) is 91.0 cm³/mol. The van der Waals surface area contributed by atoms with Crippen LogP contribution in [0.2, 0.25) is 0 Å². The maximum atomic E-state index is 12.2. The fourth-order valence-electron chi connectivity index (χ4n) is 4.48. The van der Waals surface area contributed by atoms with Crippen molar-refractivity contribution in [3.8, 4) is 0 Å². The summed E-state index contributed by atoms with van der Waals surface area (Å²) in [6.45, 7) is 12.2. The average molecular weight is 332 g/mol. The molecule has 0 aromatic heterocycles. The summed E-state index contributed by atoms with van der Waals surface area (Å²) in [7, 11) is 0. The van der Waals surface area contributed by atoms with Gasteiger partial charge in [-0.2, -0.15) is 0 Å². The second-order valence-corrected chi connectivity index (χ2v) is 7.98. The first-order chi connectivity index (χ1) is 11.3. The molecule has 7 atom stereocenters. The Morgan fingerprint density at radius 1 is 1.54 bits per heavy atom. The number of allylic oxidation sites excluding steroid dienone is 1. The number of carbonyl (C=O) groups is 2. The van der Waals surface area contributed by atoms with Crippen LogP contribution in [0.4, 0.5) is 0 Å². The van der Waals surface area contributed by atoms with Crippen LogP contribution < -0.4 is 0 Å². The van der Waals surface area contributed by atoms with E-state index in [4.69, 9.17) is 9.47 Å². The summed E-state index contributed by atoms with van der Waals surface area (Å²) in [5.41, 5.74) is 0.787. The molecule has 0 aromatic carbocycles. The number of rotatable bonds is 3. The van der Waals surface area contributed by atoms with E-state index in [0.717, 1.165) is 24.8 Å². The fraction of sp³-hybridized carbons (Fsp3) is 0.700. The van der Waals surface area contributed by atoms with Crippen molar-refractivity contribution in [3.05, 3.63) is 24.3 Å². The van der Waals surface area contributed by atoms with E-state index in [0.29, 0.717) is 0 Å². The standard InChI is InChI=1S/C20H28O4/c1-6-11(2)18(21)23-15-8-10-20(5)9-7-14-12(3)19(22)24-17(14)16(20)13(15)4/h8,10-12,14-17H,4,6-7,9H2,1-3,5H3/t11?,12-,14+,15+,16+,17-,20-/m1/s1. The summed E-state index contributed by atoms with van der Waals surface area (Å²) in [5.74, 6) is -0.220. The molecule has 4 heteroatoms. The molecule has 0 radical (unpaired) electrons.